The maximum Gasteiger partial charge on any atom is 0.276 e. The summed E-state index contributed by atoms with van der Waals surface area (Å²) in [7, 11) is 0. The van der Waals surface area contributed by atoms with Crippen LogP contribution >= 0.6 is 0 Å². The molecule has 2 aromatic rings. The third kappa shape index (κ3) is 1.16. The lowest BCUT2D eigenvalue weighted by Crippen LogP contribution is -2.25. The standard InChI is InChI=1S/C12H15N3O/c1-7-8(2)14-15-11(7)13-10-6-4-3-5-9(10)12(15)16/h14H,3-6H2,1-2H3. The van der Waals surface area contributed by atoms with Crippen molar-refractivity contribution in [3.63, 3.8) is 0 Å². The Morgan fingerprint density at radius 1 is 1.25 bits per heavy atom. The van der Waals surface area contributed by atoms with Crippen LogP contribution in [0.2, 0.25) is 0 Å². The summed E-state index contributed by atoms with van der Waals surface area (Å²) in [6, 6.07) is 0. The van der Waals surface area contributed by atoms with Crippen LogP contribution in [-0.4, -0.2) is 14.6 Å². The van der Waals surface area contributed by atoms with E-state index < -0.39 is 0 Å². The quantitative estimate of drug-likeness (QED) is 0.727. The molecule has 16 heavy (non-hydrogen) atoms. The molecule has 1 N–H and O–H groups in total. The molecular formula is C12H15N3O. The van der Waals surface area contributed by atoms with E-state index in [2.05, 4.69) is 10.1 Å². The minimum atomic E-state index is 0.0934. The lowest BCUT2D eigenvalue weighted by atomic mass is 9.97. The van der Waals surface area contributed by atoms with Gasteiger partial charge in [0.15, 0.2) is 5.65 Å². The molecule has 0 bridgehead atoms. The van der Waals surface area contributed by atoms with E-state index in [1.54, 1.807) is 4.52 Å². The van der Waals surface area contributed by atoms with Gasteiger partial charge in [-0.25, -0.2) is 9.50 Å². The molecule has 0 unspecified atom stereocenters. The average Bonchev–Trinajstić information content (AvgIpc) is 2.58. The van der Waals surface area contributed by atoms with Crippen molar-refractivity contribution in [3.8, 4) is 0 Å². The van der Waals surface area contributed by atoms with E-state index in [-0.39, 0.29) is 5.56 Å². The maximum absolute atomic E-state index is 12.2. The van der Waals surface area contributed by atoms with Crippen molar-refractivity contribution in [1.29, 1.82) is 0 Å². The molecule has 1 aliphatic rings. The Kier molecular flexibility index (Phi) is 1.93. The highest BCUT2D eigenvalue weighted by Gasteiger charge is 2.18. The Bertz CT molecular complexity index is 621. The highest BCUT2D eigenvalue weighted by Crippen LogP contribution is 2.18. The van der Waals surface area contributed by atoms with Gasteiger partial charge in [0.05, 0.1) is 5.69 Å². The maximum atomic E-state index is 12.2. The second kappa shape index (κ2) is 3.20. The molecule has 0 radical (unpaired) electrons. The second-order valence-electron chi connectivity index (χ2n) is 4.57. The number of hydrogen-bond donors (Lipinski definition) is 1. The Labute approximate surface area is 93.3 Å². The summed E-state index contributed by atoms with van der Waals surface area (Å²) in [4.78, 5) is 16.9. The first-order valence-corrected chi connectivity index (χ1v) is 5.78. The summed E-state index contributed by atoms with van der Waals surface area (Å²) in [6.07, 6.45) is 4.08. The molecule has 0 spiro atoms. The fourth-order valence-corrected chi connectivity index (χ4v) is 2.43. The molecular weight excluding hydrogens is 202 g/mol. The van der Waals surface area contributed by atoms with Crippen molar-refractivity contribution in [2.75, 3.05) is 0 Å². The first kappa shape index (κ1) is 9.63. The number of fused-ring (bicyclic) bond motifs is 2. The Morgan fingerprint density at radius 2 is 2.00 bits per heavy atom. The monoisotopic (exact) mass is 217 g/mol. The average molecular weight is 217 g/mol. The smallest absolute Gasteiger partial charge is 0.276 e. The zero-order valence-corrected chi connectivity index (χ0v) is 9.63. The Balaban J connectivity index is 2.44. The summed E-state index contributed by atoms with van der Waals surface area (Å²) < 4.78 is 1.59. The number of rotatable bonds is 0. The molecule has 0 saturated carbocycles. The number of aryl methyl sites for hydroxylation is 3. The molecule has 0 atom stereocenters. The lowest BCUT2D eigenvalue weighted by Gasteiger charge is -2.13. The first-order valence-electron chi connectivity index (χ1n) is 5.78. The summed E-state index contributed by atoms with van der Waals surface area (Å²) in [5.74, 6) is 0. The largest absolute Gasteiger partial charge is 0.294 e. The summed E-state index contributed by atoms with van der Waals surface area (Å²) in [5, 5.41) is 3.09. The molecule has 0 fully saturated rings. The van der Waals surface area contributed by atoms with Gasteiger partial charge in [-0.15, -0.1) is 0 Å². The van der Waals surface area contributed by atoms with E-state index in [0.717, 1.165) is 53.8 Å². The van der Waals surface area contributed by atoms with Crippen LogP contribution in [0.3, 0.4) is 0 Å². The van der Waals surface area contributed by atoms with Crippen molar-refractivity contribution in [1.82, 2.24) is 14.6 Å². The van der Waals surface area contributed by atoms with Crippen LogP contribution in [0.15, 0.2) is 4.79 Å². The van der Waals surface area contributed by atoms with Crippen molar-refractivity contribution in [2.45, 2.75) is 39.5 Å². The van der Waals surface area contributed by atoms with Crippen LogP contribution < -0.4 is 5.56 Å². The molecule has 1 aliphatic carbocycles. The third-order valence-corrected chi connectivity index (χ3v) is 3.53. The fraction of sp³-hybridized carbons (Fsp3) is 0.500. The molecule has 2 heterocycles. The number of nitrogens with one attached hydrogen (secondary N) is 1. The fourth-order valence-electron chi connectivity index (χ4n) is 2.43. The van der Waals surface area contributed by atoms with Gasteiger partial charge in [-0.05, 0) is 39.5 Å². The van der Waals surface area contributed by atoms with E-state index in [9.17, 15) is 4.79 Å². The molecule has 0 saturated heterocycles. The highest BCUT2D eigenvalue weighted by atomic mass is 16.1. The Morgan fingerprint density at radius 3 is 2.81 bits per heavy atom. The van der Waals surface area contributed by atoms with Crippen molar-refractivity contribution in [3.05, 3.63) is 32.9 Å². The first-order chi connectivity index (χ1) is 7.68. The van der Waals surface area contributed by atoms with E-state index in [1.165, 1.54) is 0 Å². The van der Waals surface area contributed by atoms with Gasteiger partial charge in [0.1, 0.15) is 0 Å². The van der Waals surface area contributed by atoms with Crippen LogP contribution in [-0.2, 0) is 12.8 Å². The van der Waals surface area contributed by atoms with E-state index in [0.29, 0.717) is 0 Å². The molecule has 3 rings (SSSR count). The van der Waals surface area contributed by atoms with Gasteiger partial charge in [0, 0.05) is 16.8 Å². The van der Waals surface area contributed by atoms with Crippen LogP contribution in [0.25, 0.3) is 5.65 Å². The SMILES string of the molecule is Cc1[nH]n2c(=O)c3c(nc2c1C)CCCC3. The minimum absolute atomic E-state index is 0.0934. The van der Waals surface area contributed by atoms with Crippen LogP contribution in [0.5, 0.6) is 0 Å². The summed E-state index contributed by atoms with van der Waals surface area (Å²) >= 11 is 0. The number of H-pyrrole nitrogens is 1. The second-order valence-corrected chi connectivity index (χ2v) is 4.57. The van der Waals surface area contributed by atoms with Gasteiger partial charge in [-0.2, -0.15) is 0 Å². The molecule has 2 aromatic heterocycles. The van der Waals surface area contributed by atoms with Crippen LogP contribution in [0.1, 0.15) is 35.4 Å². The van der Waals surface area contributed by atoms with Gasteiger partial charge < -0.3 is 0 Å². The Hall–Kier alpha value is -1.58. The number of hydrogen-bond acceptors (Lipinski definition) is 2. The zero-order valence-electron chi connectivity index (χ0n) is 9.63. The minimum Gasteiger partial charge on any atom is -0.294 e. The van der Waals surface area contributed by atoms with Gasteiger partial charge in [0.25, 0.3) is 5.56 Å². The topological polar surface area (TPSA) is 50.2 Å². The lowest BCUT2D eigenvalue weighted by molar-refractivity contribution is 0.651. The third-order valence-electron chi connectivity index (χ3n) is 3.53. The van der Waals surface area contributed by atoms with E-state index in [4.69, 9.17) is 0 Å². The van der Waals surface area contributed by atoms with Gasteiger partial charge in [-0.3, -0.25) is 9.89 Å². The van der Waals surface area contributed by atoms with Crippen LogP contribution in [0, 0.1) is 13.8 Å². The van der Waals surface area contributed by atoms with Crippen molar-refractivity contribution in [2.24, 2.45) is 0 Å². The van der Waals surface area contributed by atoms with Gasteiger partial charge in [-0.1, -0.05) is 0 Å². The van der Waals surface area contributed by atoms with E-state index in [1.807, 2.05) is 13.8 Å². The van der Waals surface area contributed by atoms with Crippen molar-refractivity contribution >= 4 is 5.65 Å². The van der Waals surface area contributed by atoms with Crippen LogP contribution in [0.4, 0.5) is 0 Å². The summed E-state index contributed by atoms with van der Waals surface area (Å²) in [6.45, 7) is 3.98. The molecule has 84 valence electrons. The molecule has 4 heteroatoms. The zero-order chi connectivity index (χ0) is 11.3. The highest BCUT2D eigenvalue weighted by molar-refractivity contribution is 5.50. The molecule has 0 amide bonds. The predicted octanol–water partition coefficient (Wildman–Crippen LogP) is 1.52. The normalized spacial score (nSPS) is 15.4. The predicted molar refractivity (Wildman–Crippen MR) is 61.9 cm³/mol. The molecule has 4 nitrogen and oxygen atoms in total. The molecule has 0 aliphatic heterocycles. The van der Waals surface area contributed by atoms with Gasteiger partial charge in [0.2, 0.25) is 0 Å². The molecule has 0 aromatic carbocycles. The van der Waals surface area contributed by atoms with E-state index >= 15 is 0 Å². The number of aromatic amines is 1. The van der Waals surface area contributed by atoms with Crippen molar-refractivity contribution < 1.29 is 0 Å². The number of nitrogens with zero attached hydrogens (tertiary/aromatic N) is 2. The summed E-state index contributed by atoms with van der Waals surface area (Å²) in [5.41, 5.74) is 4.90. The number of aromatic nitrogens is 3. The van der Waals surface area contributed by atoms with Gasteiger partial charge >= 0.3 is 0 Å².